The van der Waals surface area contributed by atoms with E-state index in [1.54, 1.807) is 29.7 Å². The fraction of sp³-hybridized carbons (Fsp3) is 0.0714. The number of H-pyrrole nitrogens is 1. The topological polar surface area (TPSA) is 70.7 Å². The predicted octanol–water partition coefficient (Wildman–Crippen LogP) is 3.09. The fourth-order valence-electron chi connectivity index (χ4n) is 1.74. The molecular formula is C14H12N4OS. The highest BCUT2D eigenvalue weighted by Crippen LogP contribution is 2.22. The zero-order chi connectivity index (χ0) is 13.9. The maximum atomic E-state index is 12.0. The Bertz CT molecular complexity index is 716. The lowest BCUT2D eigenvalue weighted by atomic mass is 10.2. The summed E-state index contributed by atoms with van der Waals surface area (Å²) in [5.41, 5.74) is 3.32. The first-order valence-electron chi connectivity index (χ1n) is 6.04. The van der Waals surface area contributed by atoms with Crippen LogP contribution in [-0.2, 0) is 0 Å². The summed E-state index contributed by atoms with van der Waals surface area (Å²) in [6, 6.07) is 7.34. The SMILES string of the molecule is Cc1ccc(C(=O)Nc2cc(-c3ccsc3)[nH]n2)cn1. The molecule has 6 heteroatoms. The number of aromatic amines is 1. The molecule has 0 aromatic carbocycles. The lowest BCUT2D eigenvalue weighted by Gasteiger charge is -2.01. The van der Waals surface area contributed by atoms with Gasteiger partial charge in [0.2, 0.25) is 0 Å². The van der Waals surface area contributed by atoms with Gasteiger partial charge in [-0.25, -0.2) is 0 Å². The lowest BCUT2D eigenvalue weighted by Crippen LogP contribution is -2.12. The zero-order valence-electron chi connectivity index (χ0n) is 10.8. The van der Waals surface area contributed by atoms with Crippen LogP contribution in [0.1, 0.15) is 16.1 Å². The van der Waals surface area contributed by atoms with Gasteiger partial charge in [0.05, 0.1) is 11.3 Å². The van der Waals surface area contributed by atoms with Gasteiger partial charge in [-0.05, 0) is 30.5 Å². The van der Waals surface area contributed by atoms with Crippen molar-refractivity contribution >= 4 is 23.1 Å². The molecule has 0 atom stereocenters. The largest absolute Gasteiger partial charge is 0.305 e. The number of thiophene rings is 1. The van der Waals surface area contributed by atoms with Gasteiger partial charge in [0.1, 0.15) is 0 Å². The van der Waals surface area contributed by atoms with Gasteiger partial charge in [0.25, 0.3) is 5.91 Å². The van der Waals surface area contributed by atoms with Crippen molar-refractivity contribution in [1.82, 2.24) is 15.2 Å². The molecule has 0 bridgehead atoms. The Kier molecular flexibility index (Phi) is 3.30. The summed E-state index contributed by atoms with van der Waals surface area (Å²) in [7, 11) is 0. The van der Waals surface area contributed by atoms with Crippen LogP contribution in [0.4, 0.5) is 5.82 Å². The van der Waals surface area contributed by atoms with Crippen molar-refractivity contribution in [2.24, 2.45) is 0 Å². The van der Waals surface area contributed by atoms with E-state index in [-0.39, 0.29) is 5.91 Å². The summed E-state index contributed by atoms with van der Waals surface area (Å²) in [5, 5.41) is 13.7. The number of anilines is 1. The molecule has 100 valence electrons. The summed E-state index contributed by atoms with van der Waals surface area (Å²) in [4.78, 5) is 16.1. The number of nitrogens with one attached hydrogen (secondary N) is 2. The van der Waals surface area contributed by atoms with Crippen molar-refractivity contribution in [3.05, 3.63) is 52.5 Å². The van der Waals surface area contributed by atoms with E-state index in [9.17, 15) is 4.79 Å². The van der Waals surface area contributed by atoms with Gasteiger partial charge in [-0.2, -0.15) is 16.4 Å². The van der Waals surface area contributed by atoms with Crippen molar-refractivity contribution in [3.63, 3.8) is 0 Å². The van der Waals surface area contributed by atoms with Gasteiger partial charge in [0, 0.05) is 28.9 Å². The second-order valence-corrected chi connectivity index (χ2v) is 5.10. The van der Waals surface area contributed by atoms with E-state index < -0.39 is 0 Å². The molecule has 0 aliphatic carbocycles. The summed E-state index contributed by atoms with van der Waals surface area (Å²) in [5.74, 6) is 0.276. The Hall–Kier alpha value is -2.47. The molecule has 3 rings (SSSR count). The number of aromatic nitrogens is 3. The molecule has 0 unspecified atom stereocenters. The molecule has 0 aliphatic heterocycles. The third-order valence-corrected chi connectivity index (χ3v) is 3.51. The maximum absolute atomic E-state index is 12.0. The van der Waals surface area contributed by atoms with Crippen molar-refractivity contribution in [3.8, 4) is 11.3 Å². The van der Waals surface area contributed by atoms with Gasteiger partial charge in [0.15, 0.2) is 5.82 Å². The zero-order valence-corrected chi connectivity index (χ0v) is 11.6. The second-order valence-electron chi connectivity index (χ2n) is 4.32. The molecule has 0 radical (unpaired) electrons. The summed E-state index contributed by atoms with van der Waals surface area (Å²) in [6.45, 7) is 1.88. The Morgan fingerprint density at radius 2 is 2.25 bits per heavy atom. The molecule has 0 saturated heterocycles. The highest BCUT2D eigenvalue weighted by Gasteiger charge is 2.09. The van der Waals surface area contributed by atoms with Crippen LogP contribution in [0.25, 0.3) is 11.3 Å². The Morgan fingerprint density at radius 3 is 2.95 bits per heavy atom. The van der Waals surface area contributed by atoms with Gasteiger partial charge < -0.3 is 5.32 Å². The molecule has 1 amide bonds. The summed E-state index contributed by atoms with van der Waals surface area (Å²) >= 11 is 1.61. The highest BCUT2D eigenvalue weighted by atomic mass is 32.1. The number of amides is 1. The van der Waals surface area contributed by atoms with E-state index in [4.69, 9.17) is 0 Å². The second kappa shape index (κ2) is 5.26. The average molecular weight is 284 g/mol. The summed E-state index contributed by atoms with van der Waals surface area (Å²) in [6.07, 6.45) is 1.55. The fourth-order valence-corrected chi connectivity index (χ4v) is 2.40. The average Bonchev–Trinajstić information content (AvgIpc) is 3.09. The number of pyridine rings is 1. The molecule has 2 N–H and O–H groups in total. The van der Waals surface area contributed by atoms with E-state index in [0.717, 1.165) is 17.0 Å². The molecule has 0 saturated carbocycles. The number of rotatable bonds is 3. The van der Waals surface area contributed by atoms with Crippen LogP contribution in [0.15, 0.2) is 41.2 Å². The van der Waals surface area contributed by atoms with Gasteiger partial charge in [-0.3, -0.25) is 14.9 Å². The van der Waals surface area contributed by atoms with Crippen LogP contribution in [0, 0.1) is 6.92 Å². The minimum Gasteiger partial charge on any atom is -0.305 e. The number of aryl methyl sites for hydroxylation is 1. The first kappa shape index (κ1) is 12.6. The molecule has 5 nitrogen and oxygen atoms in total. The van der Waals surface area contributed by atoms with E-state index in [1.165, 1.54) is 0 Å². The van der Waals surface area contributed by atoms with Crippen LogP contribution in [0.2, 0.25) is 0 Å². The van der Waals surface area contributed by atoms with Crippen LogP contribution < -0.4 is 5.32 Å². The Balaban J connectivity index is 1.75. The number of hydrogen-bond donors (Lipinski definition) is 2. The third kappa shape index (κ3) is 2.60. The maximum Gasteiger partial charge on any atom is 0.258 e. The number of carbonyl (C=O) groups excluding carboxylic acids is 1. The first-order chi connectivity index (χ1) is 9.72. The van der Waals surface area contributed by atoms with Crippen LogP contribution >= 0.6 is 11.3 Å². The molecule has 0 fully saturated rings. The van der Waals surface area contributed by atoms with Crippen LogP contribution in [0.3, 0.4) is 0 Å². The van der Waals surface area contributed by atoms with Crippen molar-refractivity contribution < 1.29 is 4.79 Å². The summed E-state index contributed by atoms with van der Waals surface area (Å²) < 4.78 is 0. The molecule has 3 aromatic heterocycles. The van der Waals surface area contributed by atoms with Crippen molar-refractivity contribution in [1.29, 1.82) is 0 Å². The normalized spacial score (nSPS) is 10.4. The van der Waals surface area contributed by atoms with Crippen molar-refractivity contribution in [2.75, 3.05) is 5.32 Å². The molecule has 20 heavy (non-hydrogen) atoms. The van der Waals surface area contributed by atoms with Crippen LogP contribution in [0.5, 0.6) is 0 Å². The molecule has 3 aromatic rings. The molecule has 0 spiro atoms. The van der Waals surface area contributed by atoms with Gasteiger partial charge in [-0.1, -0.05) is 0 Å². The standard InChI is InChI=1S/C14H12N4OS/c1-9-2-3-10(7-15-9)14(19)16-13-6-12(17-18-13)11-4-5-20-8-11/h2-8H,1H3,(H2,16,17,18,19). The van der Waals surface area contributed by atoms with Gasteiger partial charge >= 0.3 is 0 Å². The van der Waals surface area contributed by atoms with E-state index in [2.05, 4.69) is 20.5 Å². The van der Waals surface area contributed by atoms with E-state index in [1.807, 2.05) is 29.8 Å². The first-order valence-corrected chi connectivity index (χ1v) is 6.98. The number of carbonyl (C=O) groups is 1. The van der Waals surface area contributed by atoms with Gasteiger partial charge in [-0.15, -0.1) is 0 Å². The number of hydrogen-bond acceptors (Lipinski definition) is 4. The number of nitrogens with zero attached hydrogens (tertiary/aromatic N) is 2. The quantitative estimate of drug-likeness (QED) is 0.776. The highest BCUT2D eigenvalue weighted by molar-refractivity contribution is 7.08. The predicted molar refractivity (Wildman–Crippen MR) is 78.8 cm³/mol. The van der Waals surface area contributed by atoms with E-state index >= 15 is 0 Å². The van der Waals surface area contributed by atoms with Crippen LogP contribution in [-0.4, -0.2) is 21.1 Å². The Labute approximate surface area is 119 Å². The third-order valence-electron chi connectivity index (χ3n) is 2.83. The van der Waals surface area contributed by atoms with Crippen molar-refractivity contribution in [2.45, 2.75) is 6.92 Å². The Morgan fingerprint density at radius 1 is 1.35 bits per heavy atom. The molecular weight excluding hydrogens is 272 g/mol. The minimum atomic E-state index is -0.221. The lowest BCUT2D eigenvalue weighted by molar-refractivity contribution is 0.102. The minimum absolute atomic E-state index is 0.221. The monoisotopic (exact) mass is 284 g/mol. The smallest absolute Gasteiger partial charge is 0.258 e. The molecule has 0 aliphatic rings. The molecule has 3 heterocycles. The van der Waals surface area contributed by atoms with E-state index in [0.29, 0.717) is 11.4 Å².